The van der Waals surface area contributed by atoms with Crippen LogP contribution in [0.4, 0.5) is 5.69 Å². The zero-order valence-electron chi connectivity index (χ0n) is 17.3. The van der Waals surface area contributed by atoms with Crippen molar-refractivity contribution in [2.45, 2.75) is 20.0 Å². The first-order chi connectivity index (χ1) is 14.5. The molecule has 0 aliphatic carbocycles. The van der Waals surface area contributed by atoms with Crippen molar-refractivity contribution in [3.05, 3.63) is 60.2 Å². The van der Waals surface area contributed by atoms with Gasteiger partial charge in [0.2, 0.25) is 0 Å². The first-order valence-electron chi connectivity index (χ1n) is 9.65. The highest BCUT2D eigenvalue weighted by molar-refractivity contribution is 6.10. The van der Waals surface area contributed by atoms with Crippen LogP contribution >= 0.6 is 0 Å². The van der Waals surface area contributed by atoms with Crippen molar-refractivity contribution in [3.63, 3.8) is 0 Å². The van der Waals surface area contributed by atoms with Gasteiger partial charge in [-0.15, -0.1) is 0 Å². The molecule has 1 heterocycles. The molecule has 0 fully saturated rings. The maximum atomic E-state index is 12.9. The van der Waals surface area contributed by atoms with Crippen molar-refractivity contribution in [3.8, 4) is 17.2 Å². The molecule has 6 heteroatoms. The van der Waals surface area contributed by atoms with E-state index < -0.39 is 0 Å². The molecule has 0 saturated carbocycles. The van der Waals surface area contributed by atoms with Crippen LogP contribution in [0, 0.1) is 0 Å². The quantitative estimate of drug-likeness (QED) is 0.449. The number of ether oxygens (including phenoxy) is 3. The summed E-state index contributed by atoms with van der Waals surface area (Å²) in [5, 5.41) is 4.83. The Bertz CT molecular complexity index is 1230. The number of methoxy groups -OCH3 is 2. The molecule has 6 nitrogen and oxygen atoms in total. The van der Waals surface area contributed by atoms with Gasteiger partial charge in [-0.25, -0.2) is 0 Å². The van der Waals surface area contributed by atoms with Crippen molar-refractivity contribution in [2.75, 3.05) is 19.5 Å². The van der Waals surface area contributed by atoms with Gasteiger partial charge >= 0.3 is 0 Å². The van der Waals surface area contributed by atoms with E-state index in [1.165, 1.54) is 0 Å². The number of benzene rings is 3. The molecule has 1 N–H and O–H groups in total. The summed E-state index contributed by atoms with van der Waals surface area (Å²) in [6.07, 6.45) is -0.00151. The SMILES string of the molecule is COc1cc2c(cc1NC(=O)c1ccc(OC(C)C)c(OC)c1)oc1ccccc12. The Morgan fingerprint density at radius 2 is 1.63 bits per heavy atom. The average molecular weight is 405 g/mol. The lowest BCUT2D eigenvalue weighted by atomic mass is 10.1. The maximum absolute atomic E-state index is 12.9. The highest BCUT2D eigenvalue weighted by Gasteiger charge is 2.17. The lowest BCUT2D eigenvalue weighted by Gasteiger charge is -2.15. The second-order valence-corrected chi connectivity index (χ2v) is 7.13. The molecule has 1 amide bonds. The molecule has 0 spiro atoms. The normalized spacial score (nSPS) is 11.1. The fraction of sp³-hybridized carbons (Fsp3) is 0.208. The molecule has 0 aliphatic rings. The summed E-state index contributed by atoms with van der Waals surface area (Å²) in [7, 11) is 3.11. The zero-order chi connectivity index (χ0) is 21.3. The minimum absolute atomic E-state index is 0.00151. The number of hydrogen-bond acceptors (Lipinski definition) is 5. The lowest BCUT2D eigenvalue weighted by Crippen LogP contribution is -2.13. The van der Waals surface area contributed by atoms with Crippen molar-refractivity contribution in [1.82, 2.24) is 0 Å². The average Bonchev–Trinajstić information content (AvgIpc) is 3.10. The fourth-order valence-corrected chi connectivity index (χ4v) is 3.37. The molecule has 0 radical (unpaired) electrons. The largest absolute Gasteiger partial charge is 0.495 e. The van der Waals surface area contributed by atoms with Crippen molar-refractivity contribution in [2.24, 2.45) is 0 Å². The van der Waals surface area contributed by atoms with Gasteiger partial charge in [0, 0.05) is 22.4 Å². The minimum atomic E-state index is -0.293. The van der Waals surface area contributed by atoms with Gasteiger partial charge < -0.3 is 23.9 Å². The van der Waals surface area contributed by atoms with E-state index in [-0.39, 0.29) is 12.0 Å². The Morgan fingerprint density at radius 3 is 2.37 bits per heavy atom. The Morgan fingerprint density at radius 1 is 0.867 bits per heavy atom. The number of rotatable bonds is 6. The first kappa shape index (κ1) is 19.6. The van der Waals surface area contributed by atoms with Gasteiger partial charge in [0.25, 0.3) is 5.91 Å². The van der Waals surface area contributed by atoms with Crippen molar-refractivity contribution >= 4 is 33.5 Å². The number of hydrogen-bond donors (Lipinski definition) is 1. The van der Waals surface area contributed by atoms with Crippen LogP contribution < -0.4 is 19.5 Å². The number of furan rings is 1. The second-order valence-electron chi connectivity index (χ2n) is 7.13. The number of amides is 1. The van der Waals surface area contributed by atoms with Crippen LogP contribution in [0.25, 0.3) is 21.9 Å². The summed E-state index contributed by atoms with van der Waals surface area (Å²) in [6.45, 7) is 3.86. The third-order valence-corrected chi connectivity index (χ3v) is 4.74. The number of nitrogens with one attached hydrogen (secondary N) is 1. The van der Waals surface area contributed by atoms with E-state index in [0.717, 1.165) is 16.4 Å². The third kappa shape index (κ3) is 3.64. The predicted molar refractivity (Wildman–Crippen MR) is 117 cm³/mol. The summed E-state index contributed by atoms with van der Waals surface area (Å²) >= 11 is 0. The Hall–Kier alpha value is -3.67. The first-order valence-corrected chi connectivity index (χ1v) is 9.65. The van der Waals surface area contributed by atoms with Crippen LogP contribution in [0.1, 0.15) is 24.2 Å². The fourth-order valence-electron chi connectivity index (χ4n) is 3.37. The highest BCUT2D eigenvalue weighted by atomic mass is 16.5. The Balaban J connectivity index is 1.68. The Labute approximate surface area is 174 Å². The van der Waals surface area contributed by atoms with Crippen molar-refractivity contribution in [1.29, 1.82) is 0 Å². The van der Waals surface area contributed by atoms with Crippen LogP contribution in [0.5, 0.6) is 17.2 Å². The number of fused-ring (bicyclic) bond motifs is 3. The number of anilines is 1. The number of carbonyl (C=O) groups is 1. The lowest BCUT2D eigenvalue weighted by molar-refractivity contribution is 0.102. The molecule has 0 unspecified atom stereocenters. The van der Waals surface area contributed by atoms with Gasteiger partial charge in [-0.05, 0) is 44.2 Å². The Kier molecular flexibility index (Phi) is 5.23. The van der Waals surface area contributed by atoms with Crippen LogP contribution in [0.15, 0.2) is 59.0 Å². The summed E-state index contributed by atoms with van der Waals surface area (Å²) in [5.74, 6) is 1.34. The van der Waals surface area contributed by atoms with E-state index in [2.05, 4.69) is 5.32 Å². The molecule has 0 saturated heterocycles. The minimum Gasteiger partial charge on any atom is -0.495 e. The molecule has 0 atom stereocenters. The van der Waals surface area contributed by atoms with Crippen LogP contribution in [-0.4, -0.2) is 26.2 Å². The van der Waals surface area contributed by atoms with Crippen LogP contribution in [0.3, 0.4) is 0 Å². The topological polar surface area (TPSA) is 69.9 Å². The maximum Gasteiger partial charge on any atom is 0.255 e. The smallest absolute Gasteiger partial charge is 0.255 e. The molecule has 4 aromatic rings. The zero-order valence-corrected chi connectivity index (χ0v) is 17.3. The van der Waals surface area contributed by atoms with Gasteiger partial charge in [0.15, 0.2) is 11.5 Å². The van der Waals surface area contributed by atoms with Crippen molar-refractivity contribution < 1.29 is 23.4 Å². The summed E-state index contributed by atoms with van der Waals surface area (Å²) in [6, 6.07) is 16.5. The summed E-state index contributed by atoms with van der Waals surface area (Å²) < 4.78 is 22.5. The molecule has 4 rings (SSSR count). The summed E-state index contributed by atoms with van der Waals surface area (Å²) in [5.41, 5.74) is 2.42. The molecule has 0 aliphatic heterocycles. The van der Waals surface area contributed by atoms with E-state index in [0.29, 0.717) is 34.1 Å². The number of carbonyl (C=O) groups excluding carboxylic acids is 1. The third-order valence-electron chi connectivity index (χ3n) is 4.74. The predicted octanol–water partition coefficient (Wildman–Crippen LogP) is 5.64. The highest BCUT2D eigenvalue weighted by Crippen LogP contribution is 2.37. The molecule has 154 valence electrons. The van der Waals surface area contributed by atoms with Gasteiger partial charge in [-0.2, -0.15) is 0 Å². The molecular weight excluding hydrogens is 382 g/mol. The molecule has 1 aromatic heterocycles. The molecule has 0 bridgehead atoms. The van der Waals surface area contributed by atoms with E-state index in [1.807, 2.05) is 44.2 Å². The molecule has 30 heavy (non-hydrogen) atoms. The van der Waals surface area contributed by atoms with E-state index in [9.17, 15) is 4.79 Å². The monoisotopic (exact) mass is 405 g/mol. The van der Waals surface area contributed by atoms with E-state index in [1.54, 1.807) is 38.5 Å². The standard InChI is InChI=1S/C24H23NO5/c1-14(2)29-20-10-9-15(11-23(20)28-4)24(26)25-18-13-21-17(12-22(18)27-3)16-7-5-6-8-19(16)30-21/h5-14H,1-4H3,(H,25,26). The second kappa shape index (κ2) is 7.99. The van der Waals surface area contributed by atoms with Gasteiger partial charge in [0.05, 0.1) is 26.0 Å². The van der Waals surface area contributed by atoms with Crippen LogP contribution in [0.2, 0.25) is 0 Å². The van der Waals surface area contributed by atoms with E-state index in [4.69, 9.17) is 18.6 Å². The number of para-hydroxylation sites is 1. The summed E-state index contributed by atoms with van der Waals surface area (Å²) in [4.78, 5) is 12.9. The molecule has 3 aromatic carbocycles. The van der Waals surface area contributed by atoms with E-state index >= 15 is 0 Å². The van der Waals surface area contributed by atoms with Gasteiger partial charge in [-0.1, -0.05) is 18.2 Å². The van der Waals surface area contributed by atoms with Crippen LogP contribution in [-0.2, 0) is 0 Å². The molecular formula is C24H23NO5. The van der Waals surface area contributed by atoms with Gasteiger partial charge in [-0.3, -0.25) is 4.79 Å². The van der Waals surface area contributed by atoms with Gasteiger partial charge in [0.1, 0.15) is 16.9 Å².